The van der Waals surface area contributed by atoms with Gasteiger partial charge in [0.05, 0.1) is 29.1 Å². The van der Waals surface area contributed by atoms with E-state index in [4.69, 9.17) is 14.7 Å². The van der Waals surface area contributed by atoms with Crippen LogP contribution in [0.2, 0.25) is 0 Å². The van der Waals surface area contributed by atoms with Crippen molar-refractivity contribution < 1.29 is 17.9 Å². The monoisotopic (exact) mass is 500 g/mol. The van der Waals surface area contributed by atoms with E-state index in [1.165, 1.54) is 12.1 Å². The Kier molecular flexibility index (Phi) is 6.15. The number of para-hydroxylation sites is 2. The van der Waals surface area contributed by atoms with Gasteiger partial charge in [-0.2, -0.15) is 0 Å². The number of esters is 1. The Morgan fingerprint density at radius 3 is 2.22 bits per heavy atom. The molecule has 0 bridgehead atoms. The van der Waals surface area contributed by atoms with Crippen molar-refractivity contribution in [2.24, 2.45) is 0 Å². The lowest BCUT2D eigenvalue weighted by Gasteiger charge is -2.14. The van der Waals surface area contributed by atoms with E-state index in [-0.39, 0.29) is 34.9 Å². The lowest BCUT2D eigenvalue weighted by Crippen LogP contribution is -2.19. The van der Waals surface area contributed by atoms with Crippen LogP contribution in [0.15, 0.2) is 83.8 Å². The van der Waals surface area contributed by atoms with E-state index in [1.807, 2.05) is 55.5 Å². The van der Waals surface area contributed by atoms with E-state index in [0.717, 1.165) is 11.1 Å². The molecule has 3 aromatic carbocycles. The molecular weight excluding hydrogens is 476 g/mol. The molecule has 5 aromatic rings. The van der Waals surface area contributed by atoms with Gasteiger partial charge in [-0.05, 0) is 43.7 Å². The van der Waals surface area contributed by atoms with Gasteiger partial charge >= 0.3 is 5.97 Å². The van der Waals surface area contributed by atoms with E-state index in [9.17, 15) is 13.2 Å². The summed E-state index contributed by atoms with van der Waals surface area (Å²) in [5.74, 6) is -0.622. The molecule has 2 aromatic heterocycles. The number of hydrogen-bond acceptors (Lipinski definition) is 6. The third kappa shape index (κ3) is 4.40. The Bertz CT molecular complexity index is 1680. The first kappa shape index (κ1) is 23.5. The molecule has 1 N–H and O–H groups in total. The van der Waals surface area contributed by atoms with Crippen LogP contribution in [0.5, 0.6) is 0 Å². The molecule has 0 unspecified atom stereocenters. The molecule has 0 saturated heterocycles. The second-order valence-corrected chi connectivity index (χ2v) is 10.0. The highest BCUT2D eigenvalue weighted by Crippen LogP contribution is 2.33. The van der Waals surface area contributed by atoms with E-state index in [2.05, 4.69) is 4.72 Å². The summed E-state index contributed by atoms with van der Waals surface area (Å²) in [6.07, 6.45) is 0. The average Bonchev–Trinajstić information content (AvgIpc) is 3.15. The van der Waals surface area contributed by atoms with E-state index < -0.39 is 16.0 Å². The smallest absolute Gasteiger partial charge is 0.344 e. The van der Waals surface area contributed by atoms with Crippen molar-refractivity contribution >= 4 is 44.0 Å². The molecule has 0 amide bonds. The van der Waals surface area contributed by atoms with Crippen LogP contribution in [0, 0.1) is 6.92 Å². The molecule has 0 fully saturated rings. The molecule has 5 rings (SSSR count). The van der Waals surface area contributed by atoms with Gasteiger partial charge in [0, 0.05) is 0 Å². The Morgan fingerprint density at radius 2 is 1.56 bits per heavy atom. The fraction of sp³-hybridized carbons (Fsp3) is 0.148. The zero-order chi connectivity index (χ0) is 25.3. The van der Waals surface area contributed by atoms with Gasteiger partial charge in [-0.3, -0.25) is 4.72 Å². The van der Waals surface area contributed by atoms with Gasteiger partial charge in [0.2, 0.25) is 0 Å². The first-order valence-electron chi connectivity index (χ1n) is 11.5. The second kappa shape index (κ2) is 9.43. The maximum absolute atomic E-state index is 13.4. The summed E-state index contributed by atoms with van der Waals surface area (Å²) in [5.41, 5.74) is 3.71. The summed E-state index contributed by atoms with van der Waals surface area (Å²) in [6, 6.07) is 23.3. The van der Waals surface area contributed by atoms with Crippen LogP contribution in [-0.4, -0.2) is 35.5 Å². The van der Waals surface area contributed by atoms with Crippen molar-refractivity contribution in [1.29, 1.82) is 0 Å². The molecular formula is C27H24N4O4S. The summed E-state index contributed by atoms with van der Waals surface area (Å²) in [4.78, 5) is 22.8. The van der Waals surface area contributed by atoms with Crippen LogP contribution in [-0.2, 0) is 21.3 Å². The molecule has 182 valence electrons. The summed E-state index contributed by atoms with van der Waals surface area (Å²) in [6.45, 7) is 3.95. The average molecular weight is 501 g/mol. The molecule has 36 heavy (non-hydrogen) atoms. The molecule has 0 spiro atoms. The maximum atomic E-state index is 13.4. The van der Waals surface area contributed by atoms with Gasteiger partial charge in [-0.15, -0.1) is 0 Å². The molecule has 8 nitrogen and oxygen atoms in total. The number of ether oxygens (including phenoxy) is 1. The number of aromatic nitrogens is 3. The standard InChI is InChI=1S/C27H24N4O4S/c1-3-35-27(32)23-24-26(29-22-12-8-7-11-21(22)28-24)31(17-19-9-5-4-6-10-19)25(23)30-36(33,34)20-15-13-18(2)14-16-20/h4-16,30H,3,17H2,1-2H3. The Morgan fingerprint density at radius 1 is 0.917 bits per heavy atom. The minimum absolute atomic E-state index is 0.0247. The third-order valence-electron chi connectivity index (χ3n) is 5.78. The van der Waals surface area contributed by atoms with Crippen LogP contribution >= 0.6 is 0 Å². The number of carbonyl (C=O) groups is 1. The van der Waals surface area contributed by atoms with Crippen LogP contribution in [0.1, 0.15) is 28.4 Å². The largest absolute Gasteiger partial charge is 0.462 e. The summed E-state index contributed by atoms with van der Waals surface area (Å²) < 4.78 is 36.5. The second-order valence-electron chi connectivity index (χ2n) is 8.32. The molecule has 0 aliphatic carbocycles. The number of anilines is 1. The highest BCUT2D eigenvalue weighted by atomic mass is 32.2. The van der Waals surface area contributed by atoms with Gasteiger partial charge in [-0.25, -0.2) is 23.2 Å². The van der Waals surface area contributed by atoms with Gasteiger partial charge in [0.25, 0.3) is 10.0 Å². The van der Waals surface area contributed by atoms with Crippen LogP contribution in [0.25, 0.3) is 22.2 Å². The van der Waals surface area contributed by atoms with Gasteiger partial charge in [0.1, 0.15) is 16.9 Å². The lowest BCUT2D eigenvalue weighted by molar-refractivity contribution is 0.0529. The predicted molar refractivity (Wildman–Crippen MR) is 139 cm³/mol. The van der Waals surface area contributed by atoms with Gasteiger partial charge in [0.15, 0.2) is 5.65 Å². The summed E-state index contributed by atoms with van der Waals surface area (Å²) in [7, 11) is -4.04. The summed E-state index contributed by atoms with van der Waals surface area (Å²) >= 11 is 0. The number of sulfonamides is 1. The van der Waals surface area contributed by atoms with Crippen LogP contribution < -0.4 is 4.72 Å². The molecule has 0 atom stereocenters. The first-order valence-corrected chi connectivity index (χ1v) is 12.9. The highest BCUT2D eigenvalue weighted by Gasteiger charge is 2.30. The van der Waals surface area contributed by atoms with Crippen LogP contribution in [0.3, 0.4) is 0 Å². The molecule has 2 heterocycles. The zero-order valence-electron chi connectivity index (χ0n) is 19.8. The van der Waals surface area contributed by atoms with Crippen molar-refractivity contribution in [3.8, 4) is 0 Å². The Balaban J connectivity index is 1.79. The first-order chi connectivity index (χ1) is 17.4. The van der Waals surface area contributed by atoms with Crippen molar-refractivity contribution in [3.05, 3.63) is 95.6 Å². The van der Waals surface area contributed by atoms with Crippen LogP contribution in [0.4, 0.5) is 5.82 Å². The molecule has 9 heteroatoms. The molecule has 0 aliphatic rings. The Labute approximate surface area is 208 Å². The molecule has 0 radical (unpaired) electrons. The number of rotatable bonds is 7. The molecule has 0 saturated carbocycles. The SMILES string of the molecule is CCOC(=O)c1c(NS(=O)(=O)c2ccc(C)cc2)n(Cc2ccccc2)c2nc3ccccc3nc12. The minimum atomic E-state index is -4.04. The van der Waals surface area contributed by atoms with Gasteiger partial charge < -0.3 is 9.30 Å². The quantitative estimate of drug-likeness (QED) is 0.318. The number of nitrogens with zero attached hydrogens (tertiary/aromatic N) is 3. The summed E-state index contributed by atoms with van der Waals surface area (Å²) in [5, 5.41) is 0. The van der Waals surface area contributed by atoms with E-state index in [0.29, 0.717) is 16.7 Å². The number of carbonyl (C=O) groups excluding carboxylic acids is 1. The van der Waals surface area contributed by atoms with Crippen molar-refractivity contribution in [3.63, 3.8) is 0 Å². The highest BCUT2D eigenvalue weighted by molar-refractivity contribution is 7.92. The van der Waals surface area contributed by atoms with Crippen molar-refractivity contribution in [2.45, 2.75) is 25.3 Å². The number of hydrogen-bond donors (Lipinski definition) is 1. The lowest BCUT2D eigenvalue weighted by atomic mass is 10.2. The number of benzene rings is 3. The normalized spacial score (nSPS) is 11.6. The van der Waals surface area contributed by atoms with E-state index in [1.54, 1.807) is 29.7 Å². The Hall–Kier alpha value is -4.24. The topological polar surface area (TPSA) is 103 Å². The maximum Gasteiger partial charge on any atom is 0.344 e. The van der Waals surface area contributed by atoms with Crippen molar-refractivity contribution in [1.82, 2.24) is 14.5 Å². The zero-order valence-corrected chi connectivity index (χ0v) is 20.6. The minimum Gasteiger partial charge on any atom is -0.462 e. The fourth-order valence-electron chi connectivity index (χ4n) is 4.03. The third-order valence-corrected chi connectivity index (χ3v) is 7.13. The fourth-order valence-corrected chi connectivity index (χ4v) is 5.10. The number of fused-ring (bicyclic) bond motifs is 2. The van der Waals surface area contributed by atoms with Gasteiger partial charge in [-0.1, -0.05) is 60.2 Å². The number of nitrogens with one attached hydrogen (secondary N) is 1. The van der Waals surface area contributed by atoms with Crippen molar-refractivity contribution in [2.75, 3.05) is 11.3 Å². The molecule has 0 aliphatic heterocycles. The van der Waals surface area contributed by atoms with E-state index >= 15 is 0 Å². The number of aryl methyl sites for hydroxylation is 1. The predicted octanol–water partition coefficient (Wildman–Crippen LogP) is 4.92.